The van der Waals surface area contributed by atoms with E-state index in [1.54, 1.807) is 6.07 Å². The zero-order valence-electron chi connectivity index (χ0n) is 16.4. The van der Waals surface area contributed by atoms with Crippen LogP contribution in [0.1, 0.15) is 11.1 Å². The summed E-state index contributed by atoms with van der Waals surface area (Å²) in [5.74, 6) is -1.15. The molecule has 0 atom stereocenters. The summed E-state index contributed by atoms with van der Waals surface area (Å²) >= 11 is 2.37. The maximum absolute atomic E-state index is 11.9. The lowest BCUT2D eigenvalue weighted by atomic mass is 10.2. The number of carbonyl (C=O) groups excluding carboxylic acids is 2. The second-order valence-corrected chi connectivity index (χ2v) is 8.28. The van der Waals surface area contributed by atoms with E-state index in [0.717, 1.165) is 33.2 Å². The van der Waals surface area contributed by atoms with Crippen LogP contribution in [0.4, 0.5) is 5.69 Å². The van der Waals surface area contributed by atoms with Gasteiger partial charge in [0, 0.05) is 33.6 Å². The van der Waals surface area contributed by atoms with Crippen LogP contribution < -0.4 is 5.32 Å². The summed E-state index contributed by atoms with van der Waals surface area (Å²) in [6, 6.07) is 12.4. The molecule has 1 fully saturated rings. The lowest BCUT2D eigenvalue weighted by molar-refractivity contribution is -0.384. The lowest BCUT2D eigenvalue weighted by Crippen LogP contribution is -2.19. The molecule has 0 unspecified atom stereocenters. The normalized spacial score (nSPS) is 16.1. The maximum atomic E-state index is 11.9. The molecule has 11 heteroatoms. The first kappa shape index (κ1) is 22.2. The van der Waals surface area contributed by atoms with Gasteiger partial charge < -0.3 is 4.74 Å². The largest absolute Gasteiger partial charge is 0.466 e. The summed E-state index contributed by atoms with van der Waals surface area (Å²) in [6.07, 6.45) is 2.44. The minimum Gasteiger partial charge on any atom is -0.466 e. The molecule has 0 saturated carbocycles. The van der Waals surface area contributed by atoms with Gasteiger partial charge in [-0.15, -0.1) is 5.10 Å². The van der Waals surface area contributed by atoms with Crippen molar-refractivity contribution in [3.63, 3.8) is 0 Å². The van der Waals surface area contributed by atoms with Crippen LogP contribution in [0.2, 0.25) is 0 Å². The lowest BCUT2D eigenvalue weighted by Gasteiger charge is -2.06. The number of non-ortho nitro benzene ring substituents is 1. The fourth-order valence-corrected chi connectivity index (χ4v) is 3.99. The average molecular weight is 457 g/mol. The number of aryl methyl sites for hydroxylation is 1. The fraction of sp³-hybridized carbons (Fsp3) is 0.100. The predicted octanol–water partition coefficient (Wildman–Crippen LogP) is 3.66. The van der Waals surface area contributed by atoms with Crippen LogP contribution in [0.5, 0.6) is 0 Å². The number of nitrogens with one attached hydrogen (secondary N) is 1. The minimum atomic E-state index is -0.656. The molecule has 0 spiro atoms. The van der Waals surface area contributed by atoms with Crippen molar-refractivity contribution in [3.8, 4) is 0 Å². The number of thioether (sulfide) groups is 1. The second-order valence-electron chi connectivity index (χ2n) is 6.13. The number of amides is 1. The number of methoxy groups -OCH3 is 1. The van der Waals surface area contributed by atoms with E-state index in [-0.39, 0.29) is 15.8 Å². The molecular weight excluding hydrogens is 440 g/mol. The van der Waals surface area contributed by atoms with Gasteiger partial charge in [0.25, 0.3) is 11.6 Å². The van der Waals surface area contributed by atoms with Crippen molar-refractivity contribution in [2.75, 3.05) is 7.11 Å². The van der Waals surface area contributed by atoms with E-state index in [4.69, 9.17) is 0 Å². The van der Waals surface area contributed by atoms with E-state index in [1.807, 2.05) is 31.2 Å². The molecule has 1 aliphatic heterocycles. The van der Waals surface area contributed by atoms with Crippen molar-refractivity contribution in [1.82, 2.24) is 5.32 Å². The minimum absolute atomic E-state index is 0.0748. The molecule has 0 radical (unpaired) electrons. The Bertz CT molecular complexity index is 1130. The number of hydrogen-bond acceptors (Lipinski definition) is 9. The number of carbonyl (C=O) groups is 2. The van der Waals surface area contributed by atoms with E-state index < -0.39 is 16.8 Å². The molecule has 1 N–H and O–H groups in total. The van der Waals surface area contributed by atoms with Crippen molar-refractivity contribution in [3.05, 3.63) is 74.7 Å². The Morgan fingerprint density at radius 1 is 1.26 bits per heavy atom. The van der Waals surface area contributed by atoms with Crippen LogP contribution >= 0.6 is 23.5 Å². The number of esters is 1. The van der Waals surface area contributed by atoms with E-state index in [9.17, 15) is 19.7 Å². The van der Waals surface area contributed by atoms with Crippen molar-refractivity contribution >= 4 is 52.5 Å². The van der Waals surface area contributed by atoms with Crippen molar-refractivity contribution in [1.29, 1.82) is 0 Å². The molecule has 1 aliphatic rings. The quantitative estimate of drug-likeness (QED) is 0.231. The number of benzene rings is 2. The Morgan fingerprint density at radius 2 is 2.00 bits per heavy atom. The van der Waals surface area contributed by atoms with E-state index in [1.165, 1.54) is 37.2 Å². The van der Waals surface area contributed by atoms with Gasteiger partial charge in [-0.3, -0.25) is 20.2 Å². The van der Waals surface area contributed by atoms with Crippen molar-refractivity contribution in [2.45, 2.75) is 16.7 Å². The van der Waals surface area contributed by atoms with Crippen LogP contribution in [0, 0.1) is 17.0 Å². The van der Waals surface area contributed by atoms with Crippen molar-refractivity contribution in [2.24, 2.45) is 10.2 Å². The SMILES string of the molecule is COC(=O)/C=C1/S/C(=N\N=Cc2cc([N+](=O)[O-])ccc2Sc2ccc(C)cc2)NC1=O. The first-order valence-corrected chi connectivity index (χ1v) is 10.4. The van der Waals surface area contributed by atoms with Gasteiger partial charge in [-0.05, 0) is 36.9 Å². The summed E-state index contributed by atoms with van der Waals surface area (Å²) < 4.78 is 4.50. The molecule has 31 heavy (non-hydrogen) atoms. The summed E-state index contributed by atoms with van der Waals surface area (Å²) in [5, 5.41) is 21.7. The van der Waals surface area contributed by atoms with E-state index >= 15 is 0 Å². The molecule has 1 heterocycles. The Kier molecular flexibility index (Phi) is 7.21. The highest BCUT2D eigenvalue weighted by Crippen LogP contribution is 2.32. The molecule has 1 saturated heterocycles. The molecule has 0 aliphatic carbocycles. The molecule has 2 aromatic rings. The standard InChI is InChI=1S/C20H16N4O5S2/c1-12-3-6-15(7-4-12)30-16-8-5-14(24(27)28)9-13(16)11-21-23-20-22-19(26)17(31-20)10-18(25)29-2/h3-11H,1-2H3,(H,22,23,26)/b17-10+,21-11?. The summed E-state index contributed by atoms with van der Waals surface area (Å²) in [7, 11) is 1.21. The number of rotatable bonds is 6. The zero-order chi connectivity index (χ0) is 22.4. The third-order valence-electron chi connectivity index (χ3n) is 3.90. The molecule has 1 amide bonds. The highest BCUT2D eigenvalue weighted by atomic mass is 32.2. The smallest absolute Gasteiger partial charge is 0.331 e. The van der Waals surface area contributed by atoms with E-state index in [0.29, 0.717) is 5.56 Å². The summed E-state index contributed by atoms with van der Waals surface area (Å²) in [6.45, 7) is 1.99. The Labute approximate surface area is 185 Å². The molecule has 3 rings (SSSR count). The number of nitrogens with zero attached hydrogens (tertiary/aromatic N) is 3. The van der Waals surface area contributed by atoms with Gasteiger partial charge in [0.1, 0.15) is 0 Å². The predicted molar refractivity (Wildman–Crippen MR) is 119 cm³/mol. The molecule has 9 nitrogen and oxygen atoms in total. The Hall–Kier alpha value is -3.44. The Balaban J connectivity index is 1.83. The molecule has 0 bridgehead atoms. The van der Waals surface area contributed by atoms with Gasteiger partial charge in [0.05, 0.1) is 23.2 Å². The van der Waals surface area contributed by atoms with Crippen LogP contribution in [0.15, 0.2) is 73.4 Å². The highest BCUT2D eigenvalue weighted by Gasteiger charge is 2.25. The third-order valence-corrected chi connectivity index (χ3v) is 5.90. The van der Waals surface area contributed by atoms with Gasteiger partial charge >= 0.3 is 5.97 Å². The average Bonchev–Trinajstić information content (AvgIpc) is 3.09. The van der Waals surface area contributed by atoms with Crippen LogP contribution in [0.25, 0.3) is 0 Å². The van der Waals surface area contributed by atoms with Gasteiger partial charge in [-0.25, -0.2) is 4.79 Å². The number of ether oxygens (including phenoxy) is 1. The second kappa shape index (κ2) is 10.0. The molecule has 2 aromatic carbocycles. The monoisotopic (exact) mass is 456 g/mol. The number of hydrogen-bond donors (Lipinski definition) is 1. The highest BCUT2D eigenvalue weighted by molar-refractivity contribution is 8.18. The van der Waals surface area contributed by atoms with Crippen LogP contribution in [-0.2, 0) is 14.3 Å². The van der Waals surface area contributed by atoms with Gasteiger partial charge in [-0.1, -0.05) is 29.5 Å². The van der Waals surface area contributed by atoms with Crippen LogP contribution in [0.3, 0.4) is 0 Å². The topological polar surface area (TPSA) is 123 Å². The molecule has 0 aromatic heterocycles. The van der Waals surface area contributed by atoms with Gasteiger partial charge in [0.2, 0.25) is 0 Å². The number of nitro groups is 1. The first-order chi connectivity index (χ1) is 14.9. The number of amidine groups is 1. The van der Waals surface area contributed by atoms with E-state index in [2.05, 4.69) is 20.3 Å². The third kappa shape index (κ3) is 6.03. The summed E-state index contributed by atoms with van der Waals surface area (Å²) in [4.78, 5) is 35.7. The van der Waals surface area contributed by atoms with Gasteiger partial charge in [0.15, 0.2) is 5.17 Å². The molecule has 158 valence electrons. The van der Waals surface area contributed by atoms with Gasteiger partial charge in [-0.2, -0.15) is 5.10 Å². The fourth-order valence-electron chi connectivity index (χ4n) is 2.36. The Morgan fingerprint density at radius 3 is 2.68 bits per heavy atom. The maximum Gasteiger partial charge on any atom is 0.331 e. The summed E-state index contributed by atoms with van der Waals surface area (Å²) in [5.41, 5.74) is 1.56. The van der Waals surface area contributed by atoms with Crippen molar-refractivity contribution < 1.29 is 19.2 Å². The molecular formula is C20H16N4O5S2. The van der Waals surface area contributed by atoms with Crippen LogP contribution in [-0.4, -0.2) is 35.3 Å². The zero-order valence-corrected chi connectivity index (χ0v) is 18.0. The number of nitro benzene ring substituents is 1. The first-order valence-electron chi connectivity index (χ1n) is 8.78.